The van der Waals surface area contributed by atoms with Crippen LogP contribution in [-0.4, -0.2) is 21.0 Å². The number of hydrogen-bond acceptors (Lipinski definition) is 4. The number of nitrogens with zero attached hydrogens (tertiary/aromatic N) is 2. The van der Waals surface area contributed by atoms with Gasteiger partial charge in [0.2, 0.25) is 0 Å². The minimum Gasteiger partial charge on any atom is -0.478 e. The molecule has 0 saturated heterocycles. The number of aromatic carboxylic acids is 1. The van der Waals surface area contributed by atoms with Gasteiger partial charge in [-0.05, 0) is 45.9 Å². The van der Waals surface area contributed by atoms with E-state index in [1.807, 2.05) is 0 Å². The molecule has 1 aromatic carbocycles. The summed E-state index contributed by atoms with van der Waals surface area (Å²) in [4.78, 5) is 19.9. The third-order valence-corrected chi connectivity index (χ3v) is 3.55. The highest BCUT2D eigenvalue weighted by atomic mass is 79.9. The summed E-state index contributed by atoms with van der Waals surface area (Å²) in [5.41, 5.74) is 0.227. The highest BCUT2D eigenvalue weighted by Gasteiger charge is 2.15. The Morgan fingerprint density at radius 3 is 2.59 bits per heavy atom. The van der Waals surface area contributed by atoms with E-state index in [4.69, 9.17) is 5.11 Å². The molecule has 6 heteroatoms. The number of carbonyl (C=O) groups is 1. The van der Waals surface area contributed by atoms with Crippen molar-refractivity contribution >= 4 is 33.7 Å². The fraction of sp³-hybridized carbons (Fsp3) is 0. The highest BCUT2D eigenvalue weighted by molar-refractivity contribution is 9.10. The summed E-state index contributed by atoms with van der Waals surface area (Å²) in [5, 5.41) is 9.66. The van der Waals surface area contributed by atoms with Gasteiger partial charge >= 0.3 is 5.97 Å². The van der Waals surface area contributed by atoms with Gasteiger partial charge in [-0.15, -0.1) is 0 Å². The zero-order valence-electron chi connectivity index (χ0n) is 8.50. The number of aromatic nitrogens is 2. The van der Waals surface area contributed by atoms with Gasteiger partial charge in [-0.25, -0.2) is 14.8 Å². The first-order valence-electron chi connectivity index (χ1n) is 4.65. The number of carboxylic acids is 1. The Morgan fingerprint density at radius 2 is 1.94 bits per heavy atom. The number of hydrogen-bond donors (Lipinski definition) is 1. The summed E-state index contributed by atoms with van der Waals surface area (Å²) in [6, 6.07) is 6.92. The van der Waals surface area contributed by atoms with Crippen molar-refractivity contribution in [2.24, 2.45) is 0 Å². The Hall–Kier alpha value is -1.40. The molecule has 0 aliphatic carbocycles. The zero-order chi connectivity index (χ0) is 12.3. The monoisotopic (exact) mass is 310 g/mol. The first kappa shape index (κ1) is 12.1. The van der Waals surface area contributed by atoms with E-state index < -0.39 is 5.97 Å². The molecule has 0 radical (unpaired) electrons. The fourth-order valence-electron chi connectivity index (χ4n) is 1.23. The van der Waals surface area contributed by atoms with Crippen molar-refractivity contribution in [1.29, 1.82) is 0 Å². The predicted molar refractivity (Wildman–Crippen MR) is 67.3 cm³/mol. The molecule has 2 rings (SSSR count). The van der Waals surface area contributed by atoms with Gasteiger partial charge in [-0.1, -0.05) is 6.07 Å². The molecule has 1 N–H and O–H groups in total. The van der Waals surface area contributed by atoms with Gasteiger partial charge in [0, 0.05) is 21.8 Å². The molecule has 0 fully saturated rings. The van der Waals surface area contributed by atoms with Crippen LogP contribution in [-0.2, 0) is 0 Å². The molecule has 2 aromatic rings. The van der Waals surface area contributed by atoms with Crippen LogP contribution in [0.25, 0.3) is 0 Å². The molecule has 0 aliphatic rings. The highest BCUT2D eigenvalue weighted by Crippen LogP contribution is 2.31. The molecular formula is C11H7BrN2O2S. The lowest BCUT2D eigenvalue weighted by Crippen LogP contribution is -2.00. The fourth-order valence-corrected chi connectivity index (χ4v) is 2.77. The third kappa shape index (κ3) is 2.83. The molecule has 0 amide bonds. The Bertz CT molecular complexity index is 548. The molecule has 86 valence electrons. The molecule has 4 nitrogen and oxygen atoms in total. The number of rotatable bonds is 3. The Morgan fingerprint density at radius 1 is 1.24 bits per heavy atom. The summed E-state index contributed by atoms with van der Waals surface area (Å²) < 4.78 is 0.547. The van der Waals surface area contributed by atoms with Gasteiger partial charge in [0.15, 0.2) is 5.16 Å². The first-order chi connectivity index (χ1) is 8.18. The summed E-state index contributed by atoms with van der Waals surface area (Å²) in [7, 11) is 0. The summed E-state index contributed by atoms with van der Waals surface area (Å²) in [5.74, 6) is -0.976. The van der Waals surface area contributed by atoms with Gasteiger partial charge < -0.3 is 5.11 Å². The predicted octanol–water partition coefficient (Wildman–Crippen LogP) is 3.09. The van der Waals surface area contributed by atoms with Crippen LogP contribution >= 0.6 is 27.7 Å². The molecular weight excluding hydrogens is 304 g/mol. The SMILES string of the molecule is O=C(O)c1c(Br)cccc1Sc1ncccn1. The molecule has 0 spiro atoms. The quantitative estimate of drug-likeness (QED) is 0.883. The summed E-state index contributed by atoms with van der Waals surface area (Å²) in [6.07, 6.45) is 3.24. The second kappa shape index (κ2) is 5.29. The van der Waals surface area contributed by atoms with E-state index >= 15 is 0 Å². The molecule has 0 bridgehead atoms. The standard InChI is InChI=1S/C11H7BrN2O2S/c12-7-3-1-4-8(9(7)10(15)16)17-11-13-5-2-6-14-11/h1-6H,(H,15,16). The Balaban J connectivity index is 2.40. The maximum Gasteiger partial charge on any atom is 0.338 e. The van der Waals surface area contributed by atoms with Crippen molar-refractivity contribution in [3.05, 3.63) is 46.7 Å². The maximum atomic E-state index is 11.1. The van der Waals surface area contributed by atoms with Gasteiger partial charge in [0.05, 0.1) is 5.56 Å². The molecule has 1 aromatic heterocycles. The van der Waals surface area contributed by atoms with E-state index in [0.29, 0.717) is 14.5 Å². The van der Waals surface area contributed by atoms with Gasteiger partial charge in [0.25, 0.3) is 0 Å². The average molecular weight is 311 g/mol. The number of carboxylic acid groups (broad SMARTS) is 1. The topological polar surface area (TPSA) is 63.1 Å². The van der Waals surface area contributed by atoms with Crippen molar-refractivity contribution in [2.45, 2.75) is 10.1 Å². The second-order valence-electron chi connectivity index (χ2n) is 3.05. The molecule has 1 heterocycles. The van der Waals surface area contributed by atoms with Crippen molar-refractivity contribution in [3.63, 3.8) is 0 Å². The lowest BCUT2D eigenvalue weighted by Gasteiger charge is -2.05. The Labute approximate surface area is 110 Å². The minimum absolute atomic E-state index is 0.227. The molecule has 0 saturated carbocycles. The minimum atomic E-state index is -0.976. The van der Waals surface area contributed by atoms with Crippen molar-refractivity contribution < 1.29 is 9.90 Å². The van der Waals surface area contributed by atoms with E-state index in [0.717, 1.165) is 0 Å². The first-order valence-corrected chi connectivity index (χ1v) is 6.26. The lowest BCUT2D eigenvalue weighted by molar-refractivity contribution is 0.0692. The largest absolute Gasteiger partial charge is 0.478 e. The normalized spacial score (nSPS) is 10.2. The second-order valence-corrected chi connectivity index (χ2v) is 4.91. The van der Waals surface area contributed by atoms with E-state index in [-0.39, 0.29) is 5.56 Å². The van der Waals surface area contributed by atoms with Crippen molar-refractivity contribution in [3.8, 4) is 0 Å². The van der Waals surface area contributed by atoms with Crippen LogP contribution < -0.4 is 0 Å². The molecule has 0 unspecified atom stereocenters. The third-order valence-electron chi connectivity index (χ3n) is 1.93. The van der Waals surface area contributed by atoms with Crippen molar-refractivity contribution in [2.75, 3.05) is 0 Å². The van der Waals surface area contributed by atoms with Gasteiger partial charge in [-0.3, -0.25) is 0 Å². The number of benzene rings is 1. The van der Waals surface area contributed by atoms with E-state index in [1.165, 1.54) is 11.8 Å². The van der Waals surface area contributed by atoms with E-state index in [1.54, 1.807) is 36.7 Å². The zero-order valence-corrected chi connectivity index (χ0v) is 10.9. The summed E-state index contributed by atoms with van der Waals surface area (Å²) in [6.45, 7) is 0. The van der Waals surface area contributed by atoms with Crippen LogP contribution in [0.2, 0.25) is 0 Å². The molecule has 0 atom stereocenters. The van der Waals surface area contributed by atoms with Crippen LogP contribution in [0.4, 0.5) is 0 Å². The lowest BCUT2D eigenvalue weighted by atomic mass is 10.2. The van der Waals surface area contributed by atoms with Crippen molar-refractivity contribution in [1.82, 2.24) is 9.97 Å². The smallest absolute Gasteiger partial charge is 0.338 e. The van der Waals surface area contributed by atoms with E-state index in [9.17, 15) is 4.79 Å². The van der Waals surface area contributed by atoms with Crippen LogP contribution in [0.3, 0.4) is 0 Å². The summed E-state index contributed by atoms with van der Waals surface area (Å²) >= 11 is 4.45. The van der Waals surface area contributed by atoms with Crippen LogP contribution in [0, 0.1) is 0 Å². The van der Waals surface area contributed by atoms with E-state index in [2.05, 4.69) is 25.9 Å². The van der Waals surface area contributed by atoms with Gasteiger partial charge in [0.1, 0.15) is 0 Å². The van der Waals surface area contributed by atoms with Gasteiger partial charge in [-0.2, -0.15) is 0 Å². The van der Waals surface area contributed by atoms with Crippen LogP contribution in [0.15, 0.2) is 51.2 Å². The van der Waals surface area contributed by atoms with Crippen LogP contribution in [0.1, 0.15) is 10.4 Å². The molecule has 17 heavy (non-hydrogen) atoms. The average Bonchev–Trinajstić information content (AvgIpc) is 2.30. The maximum absolute atomic E-state index is 11.1. The number of halogens is 1. The van der Waals surface area contributed by atoms with Crippen LogP contribution in [0.5, 0.6) is 0 Å². The molecule has 0 aliphatic heterocycles. The Kier molecular flexibility index (Phi) is 3.75.